The number of aliphatic hydroxyl groups is 1. The first-order valence-electron chi connectivity index (χ1n) is 5.10. The summed E-state index contributed by atoms with van der Waals surface area (Å²) in [7, 11) is 0. The molecule has 0 aliphatic rings. The van der Waals surface area contributed by atoms with Gasteiger partial charge >= 0.3 is 5.97 Å². The van der Waals surface area contributed by atoms with Crippen molar-refractivity contribution in [3.05, 3.63) is 33.8 Å². The highest BCUT2D eigenvalue weighted by Crippen LogP contribution is 2.24. The van der Waals surface area contributed by atoms with E-state index in [-0.39, 0.29) is 25.2 Å². The molecule has 0 unspecified atom stereocenters. The van der Waals surface area contributed by atoms with E-state index in [9.17, 15) is 4.79 Å². The molecule has 0 aromatic heterocycles. The molecule has 0 radical (unpaired) electrons. The van der Waals surface area contributed by atoms with Gasteiger partial charge in [0.15, 0.2) is 0 Å². The van der Waals surface area contributed by atoms with Crippen LogP contribution in [0.15, 0.2) is 12.1 Å². The maximum absolute atomic E-state index is 11.4. The van der Waals surface area contributed by atoms with Crippen molar-refractivity contribution in [1.29, 1.82) is 5.26 Å². The minimum absolute atomic E-state index is 0.0661. The Hall–Kier alpha value is -1.57. The molecule has 0 saturated heterocycles. The van der Waals surface area contributed by atoms with E-state index in [0.29, 0.717) is 16.1 Å². The first-order valence-corrected chi connectivity index (χ1v) is 5.48. The molecule has 1 rings (SSSR count). The number of rotatable bonds is 4. The molecule has 0 spiro atoms. The number of nitriles is 1. The third-order valence-corrected chi connectivity index (χ3v) is 2.60. The summed E-state index contributed by atoms with van der Waals surface area (Å²) >= 11 is 5.94. The van der Waals surface area contributed by atoms with Gasteiger partial charge in [-0.25, -0.2) is 0 Å². The molecule has 0 fully saturated rings. The van der Waals surface area contributed by atoms with Gasteiger partial charge in [0.05, 0.1) is 31.3 Å². The van der Waals surface area contributed by atoms with E-state index in [4.69, 9.17) is 26.7 Å². The van der Waals surface area contributed by atoms with Crippen molar-refractivity contribution in [2.45, 2.75) is 20.0 Å². The average molecular weight is 254 g/mol. The van der Waals surface area contributed by atoms with Gasteiger partial charge < -0.3 is 9.84 Å². The third-order valence-electron chi connectivity index (χ3n) is 2.25. The first kappa shape index (κ1) is 13.5. The molecule has 0 bridgehead atoms. The van der Waals surface area contributed by atoms with Crippen LogP contribution in [-0.2, 0) is 22.6 Å². The zero-order chi connectivity index (χ0) is 12.8. The molecule has 4 nitrogen and oxygen atoms in total. The summed E-state index contributed by atoms with van der Waals surface area (Å²) in [4.78, 5) is 11.4. The summed E-state index contributed by atoms with van der Waals surface area (Å²) in [6, 6.07) is 5.07. The van der Waals surface area contributed by atoms with Gasteiger partial charge in [-0.15, -0.1) is 0 Å². The molecule has 1 aromatic carbocycles. The van der Waals surface area contributed by atoms with E-state index in [0.717, 1.165) is 0 Å². The van der Waals surface area contributed by atoms with Crippen LogP contribution in [-0.4, -0.2) is 17.7 Å². The summed E-state index contributed by atoms with van der Waals surface area (Å²) in [5.74, 6) is -0.444. The topological polar surface area (TPSA) is 70.3 Å². The van der Waals surface area contributed by atoms with Crippen molar-refractivity contribution in [3.8, 4) is 6.07 Å². The van der Waals surface area contributed by atoms with E-state index < -0.39 is 5.97 Å². The summed E-state index contributed by atoms with van der Waals surface area (Å²) in [5, 5.41) is 18.4. The first-order chi connectivity index (χ1) is 8.13. The van der Waals surface area contributed by atoms with Crippen molar-refractivity contribution in [3.63, 3.8) is 0 Å². The fourth-order valence-electron chi connectivity index (χ4n) is 1.47. The fourth-order valence-corrected chi connectivity index (χ4v) is 1.70. The summed E-state index contributed by atoms with van der Waals surface area (Å²) in [6.45, 7) is 1.71. The Kier molecular flexibility index (Phi) is 4.95. The molecule has 1 aromatic rings. The molecular weight excluding hydrogens is 242 g/mol. The van der Waals surface area contributed by atoms with Gasteiger partial charge in [0.25, 0.3) is 0 Å². The van der Waals surface area contributed by atoms with E-state index in [1.54, 1.807) is 19.1 Å². The second-order valence-electron chi connectivity index (χ2n) is 3.31. The molecule has 0 saturated carbocycles. The number of hydrogen-bond acceptors (Lipinski definition) is 4. The van der Waals surface area contributed by atoms with Crippen LogP contribution in [0.5, 0.6) is 0 Å². The van der Waals surface area contributed by atoms with Crippen LogP contribution in [0.1, 0.15) is 23.6 Å². The van der Waals surface area contributed by atoms with Crippen molar-refractivity contribution in [2.24, 2.45) is 0 Å². The highest BCUT2D eigenvalue weighted by atomic mass is 35.5. The van der Waals surface area contributed by atoms with E-state index >= 15 is 0 Å². The number of carbonyl (C=O) groups excluding carboxylic acids is 1. The van der Waals surface area contributed by atoms with Crippen LogP contribution in [0.2, 0.25) is 5.02 Å². The maximum Gasteiger partial charge on any atom is 0.310 e. The Morgan fingerprint density at radius 2 is 2.29 bits per heavy atom. The Balaban J connectivity index is 3.13. The van der Waals surface area contributed by atoms with Gasteiger partial charge in [-0.05, 0) is 24.1 Å². The third kappa shape index (κ3) is 3.19. The summed E-state index contributed by atoms with van der Waals surface area (Å²) in [6.07, 6.45) is -0.0661. The van der Waals surface area contributed by atoms with Crippen LogP contribution in [0.25, 0.3) is 0 Å². The van der Waals surface area contributed by atoms with E-state index in [1.807, 2.05) is 6.07 Å². The monoisotopic (exact) mass is 253 g/mol. The zero-order valence-corrected chi connectivity index (χ0v) is 10.1. The number of halogens is 1. The maximum atomic E-state index is 11.4. The van der Waals surface area contributed by atoms with Crippen molar-refractivity contribution in [2.75, 3.05) is 6.61 Å². The Morgan fingerprint density at radius 3 is 2.82 bits per heavy atom. The SMILES string of the molecule is CCOC(=O)Cc1c(Cl)ccc(CO)c1C#N. The predicted molar refractivity (Wildman–Crippen MR) is 62.4 cm³/mol. The van der Waals surface area contributed by atoms with Gasteiger partial charge in [-0.3, -0.25) is 4.79 Å². The van der Waals surface area contributed by atoms with Crippen LogP contribution in [0, 0.1) is 11.3 Å². The molecule has 5 heteroatoms. The lowest BCUT2D eigenvalue weighted by atomic mass is 10.00. The van der Waals surface area contributed by atoms with Crippen LogP contribution >= 0.6 is 11.6 Å². The molecule has 1 N–H and O–H groups in total. The normalized spacial score (nSPS) is 9.76. The summed E-state index contributed by atoms with van der Waals surface area (Å²) < 4.78 is 4.80. The molecule has 0 heterocycles. The zero-order valence-electron chi connectivity index (χ0n) is 9.36. The van der Waals surface area contributed by atoms with Gasteiger partial charge in [0, 0.05) is 5.02 Å². The number of hydrogen-bond donors (Lipinski definition) is 1. The fraction of sp³-hybridized carbons (Fsp3) is 0.333. The molecule has 0 aliphatic heterocycles. The van der Waals surface area contributed by atoms with Gasteiger partial charge in [-0.2, -0.15) is 5.26 Å². The Morgan fingerprint density at radius 1 is 1.59 bits per heavy atom. The van der Waals surface area contributed by atoms with Crippen LogP contribution in [0.3, 0.4) is 0 Å². The predicted octanol–water partition coefficient (Wildman–Crippen LogP) is 1.81. The lowest BCUT2D eigenvalue weighted by Crippen LogP contribution is -2.10. The smallest absolute Gasteiger partial charge is 0.310 e. The largest absolute Gasteiger partial charge is 0.466 e. The molecule has 0 aliphatic carbocycles. The van der Waals surface area contributed by atoms with E-state index in [1.165, 1.54) is 0 Å². The number of esters is 1. The highest BCUT2D eigenvalue weighted by Gasteiger charge is 2.15. The summed E-state index contributed by atoms with van der Waals surface area (Å²) in [5.41, 5.74) is 1.10. The molecule has 90 valence electrons. The van der Waals surface area contributed by atoms with E-state index in [2.05, 4.69) is 0 Å². The minimum Gasteiger partial charge on any atom is -0.466 e. The van der Waals surface area contributed by atoms with Crippen molar-refractivity contribution in [1.82, 2.24) is 0 Å². The second-order valence-corrected chi connectivity index (χ2v) is 3.72. The second kappa shape index (κ2) is 6.24. The van der Waals surface area contributed by atoms with Crippen molar-refractivity contribution < 1.29 is 14.6 Å². The van der Waals surface area contributed by atoms with Gasteiger partial charge in [0.2, 0.25) is 0 Å². The van der Waals surface area contributed by atoms with Crippen LogP contribution < -0.4 is 0 Å². The minimum atomic E-state index is -0.444. The van der Waals surface area contributed by atoms with Crippen molar-refractivity contribution >= 4 is 17.6 Å². The number of ether oxygens (including phenoxy) is 1. The number of aliphatic hydroxyl groups excluding tert-OH is 1. The Bertz CT molecular complexity index is 466. The number of carbonyl (C=O) groups is 1. The molecule has 0 amide bonds. The number of benzene rings is 1. The lowest BCUT2D eigenvalue weighted by Gasteiger charge is -2.09. The van der Waals surface area contributed by atoms with Gasteiger partial charge in [0.1, 0.15) is 0 Å². The van der Waals surface area contributed by atoms with Gasteiger partial charge in [-0.1, -0.05) is 17.7 Å². The molecule has 0 atom stereocenters. The highest BCUT2D eigenvalue weighted by molar-refractivity contribution is 6.31. The quantitative estimate of drug-likeness (QED) is 0.831. The van der Waals surface area contributed by atoms with Crippen LogP contribution in [0.4, 0.5) is 0 Å². The standard InChI is InChI=1S/C12H12ClNO3/c1-2-17-12(16)5-9-10(6-14)8(7-15)3-4-11(9)13/h3-4,15H,2,5,7H2,1H3. The lowest BCUT2D eigenvalue weighted by molar-refractivity contribution is -0.142. The molecule has 17 heavy (non-hydrogen) atoms. The average Bonchev–Trinajstić information content (AvgIpc) is 2.31. The Labute approximate surface area is 104 Å². The molecular formula is C12H12ClNO3. The number of nitrogens with zero attached hydrogens (tertiary/aromatic N) is 1.